The van der Waals surface area contributed by atoms with Crippen LogP contribution in [0.5, 0.6) is 0 Å². The van der Waals surface area contributed by atoms with Crippen molar-refractivity contribution in [2.24, 2.45) is 0 Å². The minimum absolute atomic E-state index is 0.0574. The Hall–Kier alpha value is -0.870. The molecule has 2 atom stereocenters. The highest BCUT2D eigenvalue weighted by Crippen LogP contribution is 2.17. The lowest BCUT2D eigenvalue weighted by Gasteiger charge is -2.20. The van der Waals surface area contributed by atoms with Crippen LogP contribution in [0.4, 0.5) is 0 Å². The number of aliphatic hydroxyl groups is 2. The van der Waals surface area contributed by atoms with E-state index in [-0.39, 0.29) is 12.5 Å². The fourth-order valence-electron chi connectivity index (χ4n) is 7.95. The van der Waals surface area contributed by atoms with Gasteiger partial charge in [-0.25, -0.2) is 0 Å². The first-order valence-electron chi connectivity index (χ1n) is 24.9. The SMILES string of the molecule is CCCCCCCCCCCCCCCCC/C=C/C(O)C(CO)NC(=O)CCCCCCCCCCCCCCCCCCCCCCCCCCC. The summed E-state index contributed by atoms with van der Waals surface area (Å²) in [6.07, 6.45) is 59.2. The molecular formula is C50H99NO3. The average Bonchev–Trinajstić information content (AvgIpc) is 3.18. The molecular weight excluding hydrogens is 663 g/mol. The van der Waals surface area contributed by atoms with Gasteiger partial charge in [-0.1, -0.05) is 270 Å². The normalized spacial score (nSPS) is 12.9. The van der Waals surface area contributed by atoms with E-state index in [4.69, 9.17) is 0 Å². The molecule has 0 aromatic rings. The molecule has 54 heavy (non-hydrogen) atoms. The zero-order chi connectivity index (χ0) is 39.3. The van der Waals surface area contributed by atoms with Gasteiger partial charge in [0.05, 0.1) is 18.8 Å². The summed E-state index contributed by atoms with van der Waals surface area (Å²) in [6.45, 7) is 4.34. The van der Waals surface area contributed by atoms with Crippen molar-refractivity contribution in [2.45, 2.75) is 296 Å². The summed E-state index contributed by atoms with van der Waals surface area (Å²) in [5, 5.41) is 23.1. The minimum Gasteiger partial charge on any atom is -0.394 e. The van der Waals surface area contributed by atoms with Gasteiger partial charge in [0.15, 0.2) is 0 Å². The van der Waals surface area contributed by atoms with E-state index < -0.39 is 12.1 Å². The Labute approximate surface area is 339 Å². The largest absolute Gasteiger partial charge is 0.394 e. The van der Waals surface area contributed by atoms with Crippen LogP contribution in [-0.2, 0) is 4.79 Å². The summed E-state index contributed by atoms with van der Waals surface area (Å²) in [5.41, 5.74) is 0. The van der Waals surface area contributed by atoms with Crippen molar-refractivity contribution >= 4 is 5.91 Å². The van der Waals surface area contributed by atoms with Gasteiger partial charge in [0.2, 0.25) is 5.91 Å². The Balaban J connectivity index is 3.46. The molecule has 0 bridgehead atoms. The van der Waals surface area contributed by atoms with E-state index in [0.717, 1.165) is 25.7 Å². The minimum atomic E-state index is -0.834. The van der Waals surface area contributed by atoms with Crippen LogP contribution >= 0.6 is 0 Å². The van der Waals surface area contributed by atoms with Gasteiger partial charge < -0.3 is 15.5 Å². The predicted molar refractivity (Wildman–Crippen MR) is 239 cm³/mol. The molecule has 0 aromatic carbocycles. The molecule has 0 radical (unpaired) electrons. The summed E-state index contributed by atoms with van der Waals surface area (Å²) in [6, 6.07) is -0.617. The third kappa shape index (κ3) is 42.3. The quantitative estimate of drug-likeness (QED) is 0.0427. The maximum Gasteiger partial charge on any atom is 0.220 e. The summed E-state index contributed by atoms with van der Waals surface area (Å²) in [7, 11) is 0. The maximum absolute atomic E-state index is 12.4. The number of hydrogen-bond donors (Lipinski definition) is 3. The molecule has 1 amide bonds. The lowest BCUT2D eigenvalue weighted by atomic mass is 10.0. The molecule has 0 aliphatic carbocycles. The van der Waals surface area contributed by atoms with Gasteiger partial charge in [-0.3, -0.25) is 4.79 Å². The number of rotatable bonds is 46. The number of aliphatic hydroxyl groups excluding tert-OH is 2. The Bertz CT molecular complexity index is 739. The number of allylic oxidation sites excluding steroid dienone is 1. The number of carbonyl (C=O) groups excluding carboxylic acids is 1. The van der Waals surface area contributed by atoms with Gasteiger partial charge in [0, 0.05) is 6.42 Å². The molecule has 0 fully saturated rings. The van der Waals surface area contributed by atoms with Crippen LogP contribution in [0.1, 0.15) is 284 Å². The molecule has 0 saturated heterocycles. The van der Waals surface area contributed by atoms with E-state index in [1.54, 1.807) is 6.08 Å². The van der Waals surface area contributed by atoms with Crippen LogP contribution in [0.25, 0.3) is 0 Å². The molecule has 322 valence electrons. The summed E-state index contributed by atoms with van der Waals surface area (Å²) < 4.78 is 0. The molecule has 2 unspecified atom stereocenters. The van der Waals surface area contributed by atoms with E-state index in [9.17, 15) is 15.0 Å². The second kappa shape index (κ2) is 46.5. The second-order valence-corrected chi connectivity index (χ2v) is 17.2. The number of hydrogen-bond acceptors (Lipinski definition) is 3. The van der Waals surface area contributed by atoms with Gasteiger partial charge in [-0.15, -0.1) is 0 Å². The van der Waals surface area contributed by atoms with E-state index in [2.05, 4.69) is 19.2 Å². The number of nitrogens with one attached hydrogen (secondary N) is 1. The molecule has 0 heterocycles. The van der Waals surface area contributed by atoms with Crippen molar-refractivity contribution in [1.82, 2.24) is 5.32 Å². The zero-order valence-electron chi connectivity index (χ0n) is 37.0. The van der Waals surface area contributed by atoms with E-state index in [0.29, 0.717) is 6.42 Å². The summed E-state index contributed by atoms with van der Waals surface area (Å²) in [4.78, 5) is 12.4. The Morgan fingerprint density at radius 2 is 0.685 bits per heavy atom. The molecule has 0 aromatic heterocycles. The van der Waals surface area contributed by atoms with Gasteiger partial charge in [0.1, 0.15) is 0 Å². The fourth-order valence-corrected chi connectivity index (χ4v) is 7.95. The van der Waals surface area contributed by atoms with E-state index in [1.165, 1.54) is 238 Å². The highest BCUT2D eigenvalue weighted by molar-refractivity contribution is 5.76. The molecule has 4 heteroatoms. The first-order valence-corrected chi connectivity index (χ1v) is 24.9. The van der Waals surface area contributed by atoms with Gasteiger partial charge in [-0.2, -0.15) is 0 Å². The van der Waals surface area contributed by atoms with Crippen LogP contribution in [0, 0.1) is 0 Å². The van der Waals surface area contributed by atoms with Crippen molar-refractivity contribution < 1.29 is 15.0 Å². The standard InChI is InChI=1S/C50H99NO3/c1-3-5-7-9-11-13-15-17-19-21-22-23-24-25-26-27-28-30-32-34-36-38-40-42-44-46-50(54)51-48(47-52)49(53)45-43-41-39-37-35-33-31-29-20-18-16-14-12-10-8-6-4-2/h43,45,48-49,52-53H,3-42,44,46-47H2,1-2H3,(H,51,54)/b45-43+. The van der Waals surface area contributed by atoms with Crippen LogP contribution in [0.3, 0.4) is 0 Å². The molecule has 4 nitrogen and oxygen atoms in total. The number of carbonyl (C=O) groups is 1. The Morgan fingerprint density at radius 1 is 0.426 bits per heavy atom. The van der Waals surface area contributed by atoms with Crippen LogP contribution in [0.2, 0.25) is 0 Å². The Morgan fingerprint density at radius 3 is 0.963 bits per heavy atom. The smallest absolute Gasteiger partial charge is 0.220 e. The lowest BCUT2D eigenvalue weighted by molar-refractivity contribution is -0.123. The van der Waals surface area contributed by atoms with Crippen molar-refractivity contribution in [3.63, 3.8) is 0 Å². The molecule has 0 rings (SSSR count). The molecule has 0 aliphatic rings. The lowest BCUT2D eigenvalue weighted by Crippen LogP contribution is -2.45. The van der Waals surface area contributed by atoms with E-state index >= 15 is 0 Å². The Kier molecular flexibility index (Phi) is 45.8. The third-order valence-electron chi connectivity index (χ3n) is 11.8. The molecule has 0 aliphatic heterocycles. The van der Waals surface area contributed by atoms with Crippen LogP contribution < -0.4 is 5.32 Å². The highest BCUT2D eigenvalue weighted by atomic mass is 16.3. The summed E-state index contributed by atoms with van der Waals surface area (Å²) >= 11 is 0. The average molecular weight is 762 g/mol. The topological polar surface area (TPSA) is 69.6 Å². The first kappa shape index (κ1) is 53.1. The van der Waals surface area contributed by atoms with Gasteiger partial charge in [-0.05, 0) is 19.3 Å². The molecule has 3 N–H and O–H groups in total. The zero-order valence-corrected chi connectivity index (χ0v) is 37.0. The van der Waals surface area contributed by atoms with Gasteiger partial charge >= 0.3 is 0 Å². The number of unbranched alkanes of at least 4 members (excludes halogenated alkanes) is 39. The highest BCUT2D eigenvalue weighted by Gasteiger charge is 2.18. The molecule has 0 saturated carbocycles. The van der Waals surface area contributed by atoms with Gasteiger partial charge in [0.25, 0.3) is 0 Å². The molecule has 0 spiro atoms. The van der Waals surface area contributed by atoms with Crippen molar-refractivity contribution in [3.8, 4) is 0 Å². The second-order valence-electron chi connectivity index (χ2n) is 17.2. The maximum atomic E-state index is 12.4. The van der Waals surface area contributed by atoms with E-state index in [1.807, 2.05) is 6.08 Å². The summed E-state index contributed by atoms with van der Waals surface area (Å²) in [5.74, 6) is -0.0574. The van der Waals surface area contributed by atoms with Crippen molar-refractivity contribution in [1.29, 1.82) is 0 Å². The fraction of sp³-hybridized carbons (Fsp3) is 0.940. The van der Waals surface area contributed by atoms with Crippen LogP contribution in [-0.4, -0.2) is 34.9 Å². The van der Waals surface area contributed by atoms with Crippen molar-refractivity contribution in [3.05, 3.63) is 12.2 Å². The third-order valence-corrected chi connectivity index (χ3v) is 11.8. The van der Waals surface area contributed by atoms with Crippen LogP contribution in [0.15, 0.2) is 12.2 Å². The number of amides is 1. The predicted octanol–water partition coefficient (Wildman–Crippen LogP) is 15.8. The van der Waals surface area contributed by atoms with Crippen molar-refractivity contribution in [2.75, 3.05) is 6.61 Å². The first-order chi connectivity index (χ1) is 26.7. The monoisotopic (exact) mass is 762 g/mol.